The van der Waals surface area contributed by atoms with Gasteiger partial charge in [0.05, 0.1) is 10.6 Å². The van der Waals surface area contributed by atoms with Crippen molar-refractivity contribution in [2.24, 2.45) is 0 Å². The number of hydrogen-bond acceptors (Lipinski definition) is 2. The van der Waals surface area contributed by atoms with E-state index in [2.05, 4.69) is 11.8 Å². The molecule has 0 N–H and O–H groups in total. The van der Waals surface area contributed by atoms with Crippen LogP contribution in [0.15, 0.2) is 42.5 Å². The monoisotopic (exact) mass is 348 g/mol. The smallest absolute Gasteiger partial charge is 0.255 e. The first-order valence-electron chi connectivity index (χ1n) is 7.61. The van der Waals surface area contributed by atoms with Gasteiger partial charge in [-0.2, -0.15) is 0 Å². The Morgan fingerprint density at radius 2 is 1.70 bits per heavy atom. The van der Waals surface area contributed by atoms with Gasteiger partial charge in [0.2, 0.25) is 0 Å². The number of halogens is 2. The molecule has 2 aromatic carbocycles. The van der Waals surface area contributed by atoms with E-state index >= 15 is 0 Å². The normalized spacial score (nSPS) is 14.9. The first-order chi connectivity index (χ1) is 11.1. The quantitative estimate of drug-likeness (QED) is 0.809. The highest BCUT2D eigenvalue weighted by Gasteiger charge is 2.24. The van der Waals surface area contributed by atoms with Crippen LogP contribution < -0.4 is 4.90 Å². The Morgan fingerprint density at radius 3 is 2.39 bits per heavy atom. The van der Waals surface area contributed by atoms with Crippen molar-refractivity contribution in [2.45, 2.75) is 6.92 Å². The van der Waals surface area contributed by atoms with Crippen molar-refractivity contribution in [3.05, 3.63) is 63.6 Å². The van der Waals surface area contributed by atoms with Crippen LogP contribution in [0.3, 0.4) is 0 Å². The maximum atomic E-state index is 12.6. The molecule has 23 heavy (non-hydrogen) atoms. The number of anilines is 1. The van der Waals surface area contributed by atoms with Crippen molar-refractivity contribution >= 4 is 34.8 Å². The molecule has 1 saturated heterocycles. The van der Waals surface area contributed by atoms with Crippen LogP contribution in [0.5, 0.6) is 0 Å². The third-order valence-corrected chi connectivity index (χ3v) is 4.75. The van der Waals surface area contributed by atoms with Gasteiger partial charge in [-0.15, -0.1) is 0 Å². The van der Waals surface area contributed by atoms with Gasteiger partial charge in [0, 0.05) is 36.9 Å². The second-order valence-electron chi connectivity index (χ2n) is 5.69. The predicted molar refractivity (Wildman–Crippen MR) is 95.8 cm³/mol. The molecule has 0 aromatic heterocycles. The Balaban J connectivity index is 1.70. The van der Waals surface area contributed by atoms with E-state index in [1.807, 2.05) is 35.2 Å². The van der Waals surface area contributed by atoms with E-state index in [0.29, 0.717) is 23.7 Å². The summed E-state index contributed by atoms with van der Waals surface area (Å²) in [7, 11) is 0. The minimum Gasteiger partial charge on any atom is -0.368 e. The van der Waals surface area contributed by atoms with Gasteiger partial charge in [-0.3, -0.25) is 4.79 Å². The topological polar surface area (TPSA) is 23.6 Å². The van der Waals surface area contributed by atoms with Crippen molar-refractivity contribution < 1.29 is 4.79 Å². The Bertz CT molecular complexity index is 725. The lowest BCUT2D eigenvalue weighted by atomic mass is 10.1. The lowest BCUT2D eigenvalue weighted by Crippen LogP contribution is -2.49. The SMILES string of the molecule is Cc1ccc(Cl)cc1N1CCN(C(=O)c2ccccc2Cl)CC1. The molecular weight excluding hydrogens is 331 g/mol. The zero-order valence-corrected chi connectivity index (χ0v) is 14.4. The molecule has 5 heteroatoms. The zero-order valence-electron chi connectivity index (χ0n) is 12.9. The Hall–Kier alpha value is -1.71. The maximum absolute atomic E-state index is 12.6. The standard InChI is InChI=1S/C18H18Cl2N2O/c1-13-6-7-14(19)12-17(13)21-8-10-22(11-9-21)18(23)15-4-2-3-5-16(15)20/h2-7,12H,8-11H2,1H3. The molecule has 0 radical (unpaired) electrons. The number of nitrogens with zero attached hydrogens (tertiary/aromatic N) is 2. The third kappa shape index (κ3) is 3.46. The molecule has 1 amide bonds. The van der Waals surface area contributed by atoms with E-state index in [-0.39, 0.29) is 5.91 Å². The summed E-state index contributed by atoms with van der Waals surface area (Å²) in [4.78, 5) is 16.7. The van der Waals surface area contributed by atoms with E-state index in [9.17, 15) is 4.79 Å². The van der Waals surface area contributed by atoms with Crippen molar-refractivity contribution in [1.82, 2.24) is 4.90 Å². The zero-order chi connectivity index (χ0) is 16.4. The van der Waals surface area contributed by atoms with Crippen LogP contribution in [0.2, 0.25) is 10.0 Å². The number of carbonyl (C=O) groups is 1. The fraction of sp³-hybridized carbons (Fsp3) is 0.278. The maximum Gasteiger partial charge on any atom is 0.255 e. The molecule has 3 rings (SSSR count). The van der Waals surface area contributed by atoms with E-state index in [1.165, 1.54) is 5.56 Å². The van der Waals surface area contributed by atoms with Crippen LogP contribution in [-0.4, -0.2) is 37.0 Å². The summed E-state index contributed by atoms with van der Waals surface area (Å²) in [5.41, 5.74) is 2.91. The van der Waals surface area contributed by atoms with Gasteiger partial charge in [-0.05, 0) is 36.8 Å². The molecule has 0 bridgehead atoms. The van der Waals surface area contributed by atoms with Crippen LogP contribution in [0, 0.1) is 6.92 Å². The summed E-state index contributed by atoms with van der Waals surface area (Å²) < 4.78 is 0. The minimum atomic E-state index is -0.00179. The molecule has 0 saturated carbocycles. The molecular formula is C18H18Cl2N2O. The number of benzene rings is 2. The first kappa shape index (κ1) is 16.2. The summed E-state index contributed by atoms with van der Waals surface area (Å²) in [6, 6.07) is 13.1. The summed E-state index contributed by atoms with van der Waals surface area (Å²) in [6.45, 7) is 5.01. The Morgan fingerprint density at radius 1 is 1.00 bits per heavy atom. The summed E-state index contributed by atoms with van der Waals surface area (Å²) >= 11 is 12.2. The van der Waals surface area contributed by atoms with Gasteiger partial charge in [-0.25, -0.2) is 0 Å². The molecule has 0 spiro atoms. The minimum absolute atomic E-state index is 0.00179. The third-order valence-electron chi connectivity index (χ3n) is 4.18. The molecule has 1 aliphatic rings. The molecule has 2 aromatic rings. The van der Waals surface area contributed by atoms with Gasteiger partial charge in [-0.1, -0.05) is 41.4 Å². The van der Waals surface area contributed by atoms with Gasteiger partial charge >= 0.3 is 0 Å². The molecule has 120 valence electrons. The van der Waals surface area contributed by atoms with Crippen LogP contribution in [0.4, 0.5) is 5.69 Å². The van der Waals surface area contributed by atoms with Crippen LogP contribution >= 0.6 is 23.2 Å². The van der Waals surface area contributed by atoms with Gasteiger partial charge < -0.3 is 9.80 Å². The lowest BCUT2D eigenvalue weighted by molar-refractivity contribution is 0.0747. The highest BCUT2D eigenvalue weighted by atomic mass is 35.5. The number of piperazine rings is 1. The number of aryl methyl sites for hydroxylation is 1. The van der Waals surface area contributed by atoms with Crippen molar-refractivity contribution in [3.8, 4) is 0 Å². The van der Waals surface area contributed by atoms with Crippen LogP contribution in [0.25, 0.3) is 0 Å². The Kier molecular flexibility index (Phi) is 4.79. The average molecular weight is 349 g/mol. The van der Waals surface area contributed by atoms with E-state index in [0.717, 1.165) is 23.8 Å². The largest absolute Gasteiger partial charge is 0.368 e. The Labute approximate surface area is 146 Å². The summed E-state index contributed by atoms with van der Waals surface area (Å²) in [6.07, 6.45) is 0. The highest BCUT2D eigenvalue weighted by Crippen LogP contribution is 2.26. The van der Waals surface area contributed by atoms with Crippen LogP contribution in [0.1, 0.15) is 15.9 Å². The fourth-order valence-corrected chi connectivity index (χ4v) is 3.26. The molecule has 1 aliphatic heterocycles. The molecule has 0 atom stereocenters. The van der Waals surface area contributed by atoms with E-state index in [1.54, 1.807) is 12.1 Å². The molecule has 1 fully saturated rings. The first-order valence-corrected chi connectivity index (χ1v) is 8.37. The summed E-state index contributed by atoms with van der Waals surface area (Å²) in [5, 5.41) is 1.24. The lowest BCUT2D eigenvalue weighted by Gasteiger charge is -2.37. The fourth-order valence-electron chi connectivity index (χ4n) is 2.88. The second kappa shape index (κ2) is 6.81. The number of hydrogen-bond donors (Lipinski definition) is 0. The van der Waals surface area contributed by atoms with Gasteiger partial charge in [0.1, 0.15) is 0 Å². The van der Waals surface area contributed by atoms with Crippen molar-refractivity contribution in [3.63, 3.8) is 0 Å². The number of amides is 1. The molecule has 0 unspecified atom stereocenters. The van der Waals surface area contributed by atoms with Crippen molar-refractivity contribution in [1.29, 1.82) is 0 Å². The van der Waals surface area contributed by atoms with E-state index < -0.39 is 0 Å². The van der Waals surface area contributed by atoms with Crippen molar-refractivity contribution in [2.75, 3.05) is 31.1 Å². The van der Waals surface area contributed by atoms with Gasteiger partial charge in [0.15, 0.2) is 0 Å². The molecule has 3 nitrogen and oxygen atoms in total. The second-order valence-corrected chi connectivity index (χ2v) is 6.53. The predicted octanol–water partition coefficient (Wildman–Crippen LogP) is 4.26. The number of rotatable bonds is 2. The molecule has 1 heterocycles. The highest BCUT2D eigenvalue weighted by molar-refractivity contribution is 6.33. The van der Waals surface area contributed by atoms with E-state index in [4.69, 9.17) is 23.2 Å². The van der Waals surface area contributed by atoms with Gasteiger partial charge in [0.25, 0.3) is 5.91 Å². The number of carbonyl (C=O) groups excluding carboxylic acids is 1. The average Bonchev–Trinajstić information content (AvgIpc) is 2.57. The van der Waals surface area contributed by atoms with Crippen LogP contribution in [-0.2, 0) is 0 Å². The molecule has 0 aliphatic carbocycles. The summed E-state index contributed by atoms with van der Waals surface area (Å²) in [5.74, 6) is -0.00179.